The second-order valence-electron chi connectivity index (χ2n) is 5.02. The van der Waals surface area contributed by atoms with Gasteiger partial charge in [0.1, 0.15) is 5.01 Å². The Hall–Kier alpha value is -1.87. The summed E-state index contributed by atoms with van der Waals surface area (Å²) >= 11 is 1.74. The Balaban J connectivity index is 2.20. The standard InChI is InChI=1S/C16H16N2S/c1-9-6-11(3)15-14(7-9)19-16(18-15)12-4-5-13(17)10(2)8-12/h4-8H,17H2,1-3H3. The summed E-state index contributed by atoms with van der Waals surface area (Å²) in [6.07, 6.45) is 0. The summed E-state index contributed by atoms with van der Waals surface area (Å²) < 4.78 is 1.25. The number of aromatic nitrogens is 1. The van der Waals surface area contributed by atoms with E-state index in [9.17, 15) is 0 Å². The molecule has 0 radical (unpaired) electrons. The summed E-state index contributed by atoms with van der Waals surface area (Å²) in [6, 6.07) is 10.5. The summed E-state index contributed by atoms with van der Waals surface area (Å²) in [4.78, 5) is 4.77. The number of anilines is 1. The fourth-order valence-electron chi connectivity index (χ4n) is 2.30. The van der Waals surface area contributed by atoms with Gasteiger partial charge in [-0.1, -0.05) is 6.07 Å². The molecule has 1 aromatic heterocycles. The van der Waals surface area contributed by atoms with Crippen molar-refractivity contribution in [3.8, 4) is 10.6 Å². The Morgan fingerprint density at radius 2 is 1.79 bits per heavy atom. The van der Waals surface area contributed by atoms with Crippen molar-refractivity contribution in [2.75, 3.05) is 5.73 Å². The highest BCUT2D eigenvalue weighted by Gasteiger charge is 2.09. The third kappa shape index (κ3) is 2.10. The van der Waals surface area contributed by atoms with Crippen molar-refractivity contribution >= 4 is 27.2 Å². The molecule has 3 heteroatoms. The van der Waals surface area contributed by atoms with Crippen molar-refractivity contribution in [2.24, 2.45) is 0 Å². The number of aryl methyl sites for hydroxylation is 3. The van der Waals surface area contributed by atoms with Crippen LogP contribution in [0.1, 0.15) is 16.7 Å². The van der Waals surface area contributed by atoms with Crippen molar-refractivity contribution in [1.82, 2.24) is 4.98 Å². The number of thiazole rings is 1. The van der Waals surface area contributed by atoms with Crippen LogP contribution in [0.2, 0.25) is 0 Å². The lowest BCUT2D eigenvalue weighted by molar-refractivity contribution is 1.38. The number of nitrogen functional groups attached to an aromatic ring is 1. The van der Waals surface area contributed by atoms with E-state index < -0.39 is 0 Å². The fraction of sp³-hybridized carbons (Fsp3) is 0.188. The van der Waals surface area contributed by atoms with Gasteiger partial charge in [-0.25, -0.2) is 4.98 Å². The molecule has 0 bridgehead atoms. The number of nitrogens with zero attached hydrogens (tertiary/aromatic N) is 1. The summed E-state index contributed by atoms with van der Waals surface area (Å²) in [5.74, 6) is 0. The maximum Gasteiger partial charge on any atom is 0.124 e. The van der Waals surface area contributed by atoms with Gasteiger partial charge in [-0.15, -0.1) is 11.3 Å². The molecule has 0 aliphatic carbocycles. The van der Waals surface area contributed by atoms with Crippen LogP contribution in [0.15, 0.2) is 30.3 Å². The van der Waals surface area contributed by atoms with E-state index in [0.717, 1.165) is 27.3 Å². The Kier molecular flexibility index (Phi) is 2.79. The van der Waals surface area contributed by atoms with E-state index in [4.69, 9.17) is 10.7 Å². The smallest absolute Gasteiger partial charge is 0.124 e. The number of hydrogen-bond acceptors (Lipinski definition) is 3. The second-order valence-corrected chi connectivity index (χ2v) is 6.05. The first-order valence-electron chi connectivity index (χ1n) is 6.29. The predicted octanol–water partition coefficient (Wildman–Crippen LogP) is 4.47. The van der Waals surface area contributed by atoms with Crippen LogP contribution >= 0.6 is 11.3 Å². The molecule has 2 nitrogen and oxygen atoms in total. The molecule has 0 aliphatic rings. The molecule has 96 valence electrons. The number of rotatable bonds is 1. The molecule has 2 N–H and O–H groups in total. The minimum absolute atomic E-state index is 0.830. The SMILES string of the molecule is Cc1cc(C)c2nc(-c3ccc(N)c(C)c3)sc2c1. The molecule has 2 aromatic carbocycles. The molecule has 0 spiro atoms. The van der Waals surface area contributed by atoms with Gasteiger partial charge in [-0.2, -0.15) is 0 Å². The Bertz CT molecular complexity index is 772. The van der Waals surface area contributed by atoms with Gasteiger partial charge in [0.05, 0.1) is 10.2 Å². The number of fused-ring (bicyclic) bond motifs is 1. The summed E-state index contributed by atoms with van der Waals surface area (Å²) in [5, 5.41) is 1.06. The largest absolute Gasteiger partial charge is 0.399 e. The highest BCUT2D eigenvalue weighted by molar-refractivity contribution is 7.21. The maximum absolute atomic E-state index is 5.87. The quantitative estimate of drug-likeness (QED) is 0.661. The van der Waals surface area contributed by atoms with Crippen LogP contribution in [0.25, 0.3) is 20.8 Å². The fourth-order valence-corrected chi connectivity index (χ4v) is 3.44. The zero-order valence-electron chi connectivity index (χ0n) is 11.3. The third-order valence-electron chi connectivity index (χ3n) is 3.35. The second kappa shape index (κ2) is 4.35. The Morgan fingerprint density at radius 3 is 2.53 bits per heavy atom. The van der Waals surface area contributed by atoms with Crippen LogP contribution in [0.4, 0.5) is 5.69 Å². The number of nitrogens with two attached hydrogens (primary N) is 1. The average molecular weight is 268 g/mol. The first-order valence-corrected chi connectivity index (χ1v) is 7.10. The van der Waals surface area contributed by atoms with Crippen LogP contribution in [-0.4, -0.2) is 4.98 Å². The van der Waals surface area contributed by atoms with E-state index in [1.807, 2.05) is 19.1 Å². The van der Waals surface area contributed by atoms with Gasteiger partial charge in [-0.05, 0) is 61.7 Å². The van der Waals surface area contributed by atoms with Crippen LogP contribution in [0.5, 0.6) is 0 Å². The summed E-state index contributed by atoms with van der Waals surface area (Å²) in [5.41, 5.74) is 12.6. The minimum atomic E-state index is 0.830. The van der Waals surface area contributed by atoms with E-state index in [1.165, 1.54) is 15.8 Å². The topological polar surface area (TPSA) is 38.9 Å². The van der Waals surface area contributed by atoms with Crippen molar-refractivity contribution in [1.29, 1.82) is 0 Å². The van der Waals surface area contributed by atoms with E-state index in [0.29, 0.717) is 0 Å². The van der Waals surface area contributed by atoms with Gasteiger partial charge in [0, 0.05) is 11.3 Å². The van der Waals surface area contributed by atoms with E-state index in [-0.39, 0.29) is 0 Å². The summed E-state index contributed by atoms with van der Waals surface area (Å²) in [7, 11) is 0. The molecule has 3 aromatic rings. The molecule has 0 amide bonds. The highest BCUT2D eigenvalue weighted by Crippen LogP contribution is 2.33. The van der Waals surface area contributed by atoms with Gasteiger partial charge in [0.25, 0.3) is 0 Å². The average Bonchev–Trinajstić information content (AvgIpc) is 2.76. The molecular formula is C16H16N2S. The zero-order chi connectivity index (χ0) is 13.6. The molecule has 0 aliphatic heterocycles. The zero-order valence-corrected chi connectivity index (χ0v) is 12.1. The van der Waals surface area contributed by atoms with E-state index in [2.05, 4.69) is 32.0 Å². The maximum atomic E-state index is 5.87. The van der Waals surface area contributed by atoms with Crippen molar-refractivity contribution in [2.45, 2.75) is 20.8 Å². The number of benzene rings is 2. The van der Waals surface area contributed by atoms with Gasteiger partial charge in [0.2, 0.25) is 0 Å². The highest BCUT2D eigenvalue weighted by atomic mass is 32.1. The molecule has 19 heavy (non-hydrogen) atoms. The molecular weight excluding hydrogens is 252 g/mol. The van der Waals surface area contributed by atoms with Gasteiger partial charge >= 0.3 is 0 Å². The first-order chi connectivity index (χ1) is 9.04. The third-order valence-corrected chi connectivity index (χ3v) is 4.40. The van der Waals surface area contributed by atoms with E-state index in [1.54, 1.807) is 11.3 Å². The summed E-state index contributed by atoms with van der Waals surface area (Å²) in [6.45, 7) is 6.27. The van der Waals surface area contributed by atoms with Crippen LogP contribution in [-0.2, 0) is 0 Å². The van der Waals surface area contributed by atoms with Crippen molar-refractivity contribution in [3.63, 3.8) is 0 Å². The van der Waals surface area contributed by atoms with Gasteiger partial charge in [0.15, 0.2) is 0 Å². The minimum Gasteiger partial charge on any atom is -0.399 e. The normalized spacial score (nSPS) is 11.1. The van der Waals surface area contributed by atoms with Crippen LogP contribution in [0.3, 0.4) is 0 Å². The van der Waals surface area contributed by atoms with Gasteiger partial charge in [-0.3, -0.25) is 0 Å². The molecule has 3 rings (SSSR count). The first kappa shape index (κ1) is 12.2. The monoisotopic (exact) mass is 268 g/mol. The Morgan fingerprint density at radius 1 is 1.00 bits per heavy atom. The molecule has 0 saturated carbocycles. The lowest BCUT2D eigenvalue weighted by atomic mass is 10.1. The van der Waals surface area contributed by atoms with Crippen LogP contribution < -0.4 is 5.73 Å². The molecule has 0 fully saturated rings. The number of hydrogen-bond donors (Lipinski definition) is 1. The molecule has 1 heterocycles. The lowest BCUT2D eigenvalue weighted by Crippen LogP contribution is -1.89. The molecule has 0 saturated heterocycles. The molecule has 0 unspecified atom stereocenters. The Labute approximate surface area is 116 Å². The predicted molar refractivity (Wildman–Crippen MR) is 83.7 cm³/mol. The van der Waals surface area contributed by atoms with Crippen LogP contribution in [0, 0.1) is 20.8 Å². The van der Waals surface area contributed by atoms with Gasteiger partial charge < -0.3 is 5.73 Å². The molecule has 0 atom stereocenters. The van der Waals surface area contributed by atoms with E-state index >= 15 is 0 Å². The lowest BCUT2D eigenvalue weighted by Gasteiger charge is -2.01. The van der Waals surface area contributed by atoms with Crippen molar-refractivity contribution in [3.05, 3.63) is 47.0 Å². The van der Waals surface area contributed by atoms with Crippen molar-refractivity contribution < 1.29 is 0 Å².